The minimum atomic E-state index is -0.852. The quantitative estimate of drug-likeness (QED) is 0.0524. The molecule has 2 saturated carbocycles. The van der Waals surface area contributed by atoms with E-state index in [4.69, 9.17) is 5.73 Å². The number of hydrogen-bond donors (Lipinski definition) is 2. The average molecular weight is 2090 g/mol. The molecule has 3 N–H and O–H groups in total. The van der Waals surface area contributed by atoms with Gasteiger partial charge in [0.2, 0.25) is 0 Å². The fraction of sp³-hybridized carbons (Fsp3) is 0.319. The molecular weight excluding hydrogens is 1920 g/mol. The molecule has 0 aromatic heterocycles. The summed E-state index contributed by atoms with van der Waals surface area (Å²) in [5, 5.41) is 18.5. The first-order valence-electron chi connectivity index (χ1n) is 54.1. The Morgan fingerprint density at radius 1 is 0.313 bits per heavy atom. The Morgan fingerprint density at radius 3 is 0.973 bits per heavy atom. The fourth-order valence-corrected chi connectivity index (χ4v) is 30.1. The Bertz CT molecular complexity index is 6420. The third-order valence-electron chi connectivity index (χ3n) is 29.0. The van der Waals surface area contributed by atoms with E-state index in [0.29, 0.717) is 41.4 Å². The second kappa shape index (κ2) is 53.5. The minimum absolute atomic E-state index is 0. The van der Waals surface area contributed by atoms with Gasteiger partial charge < -0.3 is 33.3 Å². The van der Waals surface area contributed by atoms with Crippen LogP contribution >= 0.6 is 39.7 Å². The van der Waals surface area contributed by atoms with Crippen molar-refractivity contribution in [1.29, 1.82) is 0 Å². The Balaban J connectivity index is 0.000000159. The lowest BCUT2D eigenvalue weighted by Crippen LogP contribution is -3.00. The van der Waals surface area contributed by atoms with E-state index in [1.165, 1.54) is 190 Å². The van der Waals surface area contributed by atoms with E-state index in [1.54, 1.807) is 27.6 Å². The van der Waals surface area contributed by atoms with E-state index < -0.39 is 15.8 Å². The van der Waals surface area contributed by atoms with Crippen LogP contribution in [-0.2, 0) is 10.8 Å². The van der Waals surface area contributed by atoms with Gasteiger partial charge in [0.1, 0.15) is 0 Å². The summed E-state index contributed by atoms with van der Waals surface area (Å²) in [5.74, 6) is 3.65. The second-order valence-corrected chi connectivity index (χ2v) is 52.5. The molecule has 147 heavy (non-hydrogen) atoms. The number of para-hydroxylation sites is 2. The number of halogens is 2. The summed E-state index contributed by atoms with van der Waals surface area (Å²) >= 11 is 3.41. The zero-order valence-electron chi connectivity index (χ0n) is 91.8. The molecule has 16 aromatic rings. The Hall–Kier alpha value is -11.0. The van der Waals surface area contributed by atoms with E-state index in [9.17, 15) is 0 Å². The largest absolute Gasteiger partial charge is 1.00 e. The predicted molar refractivity (Wildman–Crippen MR) is 655 cm³/mol. The number of nitrogens with zero attached hydrogens (tertiary/aromatic N) is 2. The van der Waals surface area contributed by atoms with E-state index >= 15 is 0 Å². The first kappa shape index (κ1) is 113. The van der Waals surface area contributed by atoms with Crippen LogP contribution in [0.1, 0.15) is 305 Å². The maximum absolute atomic E-state index is 5.43. The van der Waals surface area contributed by atoms with Crippen molar-refractivity contribution in [3.63, 3.8) is 0 Å². The lowest BCUT2D eigenvalue weighted by Gasteiger charge is -2.40. The highest BCUT2D eigenvalue weighted by Crippen LogP contribution is 2.58. The molecule has 2 aliphatic carbocycles. The van der Waals surface area contributed by atoms with Gasteiger partial charge in [-0.05, 0) is 298 Å². The highest BCUT2D eigenvalue weighted by Gasteiger charge is 2.37. The normalized spacial score (nSPS) is 13.4. The number of rotatable bonds is 22. The molecule has 0 amide bonds. The van der Waals surface area contributed by atoms with Crippen molar-refractivity contribution in [2.24, 2.45) is 0 Å². The highest BCUT2D eigenvalue weighted by atomic mass is 79.9. The number of anilines is 5. The maximum atomic E-state index is 5.43. The molecule has 1 aliphatic heterocycles. The van der Waals surface area contributed by atoms with Crippen molar-refractivity contribution < 1.29 is 12.4 Å². The molecule has 1 heterocycles. The molecule has 0 radical (unpaired) electrons. The summed E-state index contributed by atoms with van der Waals surface area (Å²) in [6, 6.07) is 134. The SMILES string of the molecule is CC(C)(C)c1ccc(Br)cc1.CC(C)c1cc(C(C)C)c(-c2ccccc2P(C2CCCCC2)C2CCCCC2)c(C(C)C)c1.CC(C)c1cccc(C(C)C)c1N1C=CN(c2c(C(C)C)cccc2C(C)C)C1.Cc1ccc(N)cc1.Cc1ccc(Nc2ccc(C(C)(C)C)cc2)cc1.[Cl-].c1ccc(P(c2ccccc2)c2ccc3ccccc3c2-c2c(P(c3ccccc3)c3ccccc3)ccc3ccccc23)cc1. The minimum Gasteiger partial charge on any atom is -1.00 e. The molecule has 19 rings (SSSR count). The van der Waals surface area contributed by atoms with Crippen LogP contribution in [0.5, 0.6) is 0 Å². The summed E-state index contributed by atoms with van der Waals surface area (Å²) in [6.07, 6.45) is 19.2. The fourth-order valence-electron chi connectivity index (χ4n) is 20.9. The molecule has 4 nitrogen and oxygen atoms in total. The highest BCUT2D eigenvalue weighted by molar-refractivity contribution is 9.10. The number of hydrogen-bond acceptors (Lipinski definition) is 4. The van der Waals surface area contributed by atoms with E-state index in [2.05, 4.69) is 529 Å². The third-order valence-corrected chi connectivity index (χ3v) is 38.0. The number of benzene rings is 16. The number of nitrogen functional groups attached to an aromatic ring is 1. The van der Waals surface area contributed by atoms with E-state index in [-0.39, 0.29) is 31.2 Å². The first-order chi connectivity index (χ1) is 70.2. The van der Waals surface area contributed by atoms with Gasteiger partial charge in [0.05, 0.1) is 6.67 Å². The lowest BCUT2D eigenvalue weighted by atomic mass is 9.82. The van der Waals surface area contributed by atoms with Crippen molar-refractivity contribution in [2.75, 3.05) is 27.5 Å². The van der Waals surface area contributed by atoms with Crippen LogP contribution in [0.15, 0.2) is 381 Å². The number of nitrogens with two attached hydrogens (primary N) is 1. The molecule has 0 atom stereocenters. The van der Waals surface area contributed by atoms with Crippen LogP contribution in [0.4, 0.5) is 28.4 Å². The summed E-state index contributed by atoms with van der Waals surface area (Å²) in [7, 11) is -1.82. The Kier molecular flexibility index (Phi) is 41.2. The van der Waals surface area contributed by atoms with Crippen LogP contribution < -0.4 is 70.4 Å². The van der Waals surface area contributed by atoms with E-state index in [1.807, 2.05) is 31.2 Å². The molecule has 16 aromatic carbocycles. The molecule has 764 valence electrons. The average Bonchev–Trinajstić information content (AvgIpc) is 1.66. The predicted octanol–water partition coefficient (Wildman–Crippen LogP) is 35.0. The molecule has 0 unspecified atom stereocenters. The zero-order valence-corrected chi connectivity index (χ0v) is 96.9. The molecular formula is C138H162BrClN4P3-. The van der Waals surface area contributed by atoms with E-state index in [0.717, 1.165) is 39.5 Å². The van der Waals surface area contributed by atoms with Crippen LogP contribution in [0.25, 0.3) is 43.8 Å². The number of aryl methyl sites for hydroxylation is 2. The van der Waals surface area contributed by atoms with Crippen molar-refractivity contribution in [3.05, 3.63) is 442 Å². The Labute approximate surface area is 904 Å². The van der Waals surface area contributed by atoms with Gasteiger partial charge in [-0.1, -0.05) is 527 Å². The maximum Gasteiger partial charge on any atom is 0.0989 e. The first-order valence-corrected chi connectivity index (χ1v) is 59.1. The third kappa shape index (κ3) is 29.4. The molecule has 0 spiro atoms. The van der Waals surface area contributed by atoms with Crippen LogP contribution in [0, 0.1) is 13.8 Å². The summed E-state index contributed by atoms with van der Waals surface area (Å²) in [6.45, 7) is 51.0. The smallest absolute Gasteiger partial charge is 0.0989 e. The van der Waals surface area contributed by atoms with Crippen LogP contribution in [-0.4, -0.2) is 18.0 Å². The molecule has 2 fully saturated rings. The summed E-state index contributed by atoms with van der Waals surface area (Å²) in [5.41, 5.74) is 35.2. The van der Waals surface area contributed by atoms with Crippen LogP contribution in [0.3, 0.4) is 0 Å². The van der Waals surface area contributed by atoms with Crippen molar-refractivity contribution in [2.45, 2.75) is 280 Å². The van der Waals surface area contributed by atoms with Gasteiger partial charge in [-0.15, -0.1) is 0 Å². The molecule has 0 bridgehead atoms. The van der Waals surface area contributed by atoms with Crippen LogP contribution in [0.2, 0.25) is 0 Å². The van der Waals surface area contributed by atoms with Crippen molar-refractivity contribution >= 4 is 127 Å². The molecule has 9 heteroatoms. The number of nitrogens with one attached hydrogen (secondary N) is 1. The van der Waals surface area contributed by atoms with Gasteiger partial charge in [-0.2, -0.15) is 0 Å². The van der Waals surface area contributed by atoms with Gasteiger partial charge in [0.25, 0.3) is 0 Å². The van der Waals surface area contributed by atoms with Gasteiger partial charge in [0, 0.05) is 45.3 Å². The number of fused-ring (bicyclic) bond motifs is 2. The summed E-state index contributed by atoms with van der Waals surface area (Å²) < 4.78 is 1.14. The van der Waals surface area contributed by atoms with Gasteiger partial charge in [-0.25, -0.2) is 0 Å². The second-order valence-electron chi connectivity index (χ2n) is 44.5. The molecule has 0 saturated heterocycles. The molecule has 3 aliphatic rings. The monoisotopic (exact) mass is 2080 g/mol. The summed E-state index contributed by atoms with van der Waals surface area (Å²) in [4.78, 5) is 4.90. The van der Waals surface area contributed by atoms with Crippen molar-refractivity contribution in [3.8, 4) is 22.3 Å². The topological polar surface area (TPSA) is 44.5 Å². The zero-order chi connectivity index (χ0) is 104. The van der Waals surface area contributed by atoms with Gasteiger partial charge in [-0.3, -0.25) is 0 Å². The Morgan fingerprint density at radius 2 is 0.633 bits per heavy atom. The standard InChI is InChI=1S/C44H32P2.C33H49P.C27H38N2.C17H21N.C10H13Br.C7H9N.ClH/c1-5-19-35(20-6-1)45(36-21-7-2-8-22-36)41-31-29-33-17-13-15-27-39(33)43(41)44-40-28-16-14-18-34(40)30-32-42(44)46(37-23-9-3-10-24-37)38-25-11-4-12-26-38;1-23(2)26-21-30(24(3)4)33(31(22-26)25(5)6)29-19-13-14-20-32(29)34(27-15-9-7-10-16-27)28-17-11-8-12-18-28;1-18(2)22-11-9-12-23(19(3)4)26(22)28-15-16-29(17-28)27-24(20(5)6)13-10-14-25(27)21(7)8;1-13-5-9-15(10-6-13)18-16-11-7-14(8-12-16)17(2,3)4;1-10(2,3)8-4-6-9(11)7-5-8;1-6-2-4-7(8)5-3-6;/h1-32H;13-14,19-25,27-28H,7-12,15-18H2,1-6H3;9-16,18-21H,17H2,1-8H3;5-12,18H,1-4H3;4-7H,1-3H3;2-5H,8H2,1H3;1H/p-1. The van der Waals surface area contributed by atoms with Gasteiger partial charge in [0.15, 0.2) is 0 Å². The lowest BCUT2D eigenvalue weighted by molar-refractivity contribution is -0.0000299. The van der Waals surface area contributed by atoms with Crippen molar-refractivity contribution in [1.82, 2.24) is 0 Å². The van der Waals surface area contributed by atoms with Gasteiger partial charge >= 0.3 is 0 Å².